The molecule has 0 atom stereocenters. The van der Waals surface area contributed by atoms with Crippen LogP contribution in [0.3, 0.4) is 0 Å². The van der Waals surface area contributed by atoms with E-state index >= 15 is 0 Å². The molecule has 1 aromatic rings. The third kappa shape index (κ3) is 1.66. The van der Waals surface area contributed by atoms with Gasteiger partial charge in [0.15, 0.2) is 5.75 Å². The topological polar surface area (TPSA) is 79.5 Å². The van der Waals surface area contributed by atoms with Gasteiger partial charge in [0, 0.05) is 12.7 Å². The standard InChI is InChI=1S/C9H9NO4/c1-2-4-10-5-3-6(9(13)14)7(11)8(10)12/h2-3,5,11H,1,4H2,(H,13,14). The van der Waals surface area contributed by atoms with Crippen molar-refractivity contribution in [1.82, 2.24) is 4.57 Å². The quantitative estimate of drug-likeness (QED) is 0.686. The second kappa shape index (κ2) is 3.78. The number of aromatic carboxylic acids is 1. The van der Waals surface area contributed by atoms with Crippen molar-refractivity contribution in [2.24, 2.45) is 0 Å². The van der Waals surface area contributed by atoms with Gasteiger partial charge in [0.25, 0.3) is 5.56 Å². The minimum absolute atomic E-state index is 0.228. The molecule has 0 radical (unpaired) electrons. The Morgan fingerprint density at radius 2 is 2.29 bits per heavy atom. The highest BCUT2D eigenvalue weighted by Crippen LogP contribution is 2.09. The van der Waals surface area contributed by atoms with Crippen LogP contribution in [-0.4, -0.2) is 20.7 Å². The van der Waals surface area contributed by atoms with Crippen molar-refractivity contribution < 1.29 is 15.0 Å². The van der Waals surface area contributed by atoms with Crippen LogP contribution < -0.4 is 5.56 Å². The van der Waals surface area contributed by atoms with Crippen LogP contribution in [0.2, 0.25) is 0 Å². The largest absolute Gasteiger partial charge is 0.502 e. The van der Waals surface area contributed by atoms with Gasteiger partial charge in [0.05, 0.1) is 0 Å². The molecule has 0 aliphatic heterocycles. The Labute approximate surface area is 79.5 Å². The van der Waals surface area contributed by atoms with Gasteiger partial charge in [-0.05, 0) is 6.07 Å². The molecule has 14 heavy (non-hydrogen) atoms. The molecule has 0 aliphatic rings. The first kappa shape index (κ1) is 10.0. The van der Waals surface area contributed by atoms with Gasteiger partial charge in [0.2, 0.25) is 0 Å². The van der Waals surface area contributed by atoms with Crippen LogP contribution in [-0.2, 0) is 6.54 Å². The molecule has 1 heterocycles. The maximum atomic E-state index is 11.3. The number of rotatable bonds is 3. The molecule has 1 rings (SSSR count). The molecule has 74 valence electrons. The first-order chi connectivity index (χ1) is 6.57. The summed E-state index contributed by atoms with van der Waals surface area (Å²) < 4.78 is 1.16. The Morgan fingerprint density at radius 3 is 2.79 bits per heavy atom. The number of nitrogens with zero attached hydrogens (tertiary/aromatic N) is 1. The number of carboxylic acids is 1. The zero-order valence-electron chi connectivity index (χ0n) is 7.30. The van der Waals surface area contributed by atoms with E-state index in [2.05, 4.69) is 6.58 Å². The van der Waals surface area contributed by atoms with Crippen LogP contribution in [0.15, 0.2) is 29.7 Å². The molecule has 0 aromatic carbocycles. The third-order valence-corrected chi connectivity index (χ3v) is 1.70. The van der Waals surface area contributed by atoms with Gasteiger partial charge >= 0.3 is 5.97 Å². The van der Waals surface area contributed by atoms with E-state index in [4.69, 9.17) is 5.11 Å². The number of pyridine rings is 1. The lowest BCUT2D eigenvalue weighted by Crippen LogP contribution is -2.20. The predicted molar refractivity (Wildman–Crippen MR) is 49.5 cm³/mol. The van der Waals surface area contributed by atoms with E-state index in [-0.39, 0.29) is 6.54 Å². The van der Waals surface area contributed by atoms with Gasteiger partial charge < -0.3 is 14.8 Å². The van der Waals surface area contributed by atoms with E-state index in [0.29, 0.717) is 0 Å². The van der Waals surface area contributed by atoms with Crippen molar-refractivity contribution in [3.63, 3.8) is 0 Å². The lowest BCUT2D eigenvalue weighted by Gasteiger charge is -2.03. The summed E-state index contributed by atoms with van der Waals surface area (Å²) >= 11 is 0. The summed E-state index contributed by atoms with van der Waals surface area (Å²) in [6, 6.07) is 1.17. The monoisotopic (exact) mass is 195 g/mol. The predicted octanol–water partition coefficient (Wildman–Crippen LogP) is 0.438. The number of allylic oxidation sites excluding steroid dienone is 1. The normalized spacial score (nSPS) is 9.71. The van der Waals surface area contributed by atoms with Gasteiger partial charge in [-0.25, -0.2) is 4.79 Å². The maximum Gasteiger partial charge on any atom is 0.339 e. The Morgan fingerprint density at radius 1 is 1.64 bits per heavy atom. The van der Waals surface area contributed by atoms with Crippen LogP contribution >= 0.6 is 0 Å². The summed E-state index contributed by atoms with van der Waals surface area (Å²) in [6.45, 7) is 3.66. The molecule has 0 saturated carbocycles. The Hall–Kier alpha value is -2.04. The number of carbonyl (C=O) groups is 1. The molecule has 0 saturated heterocycles. The van der Waals surface area contributed by atoms with Crippen molar-refractivity contribution in [3.8, 4) is 5.75 Å². The fourth-order valence-electron chi connectivity index (χ4n) is 1.02. The van der Waals surface area contributed by atoms with Crippen LogP contribution in [0.5, 0.6) is 5.75 Å². The lowest BCUT2D eigenvalue weighted by atomic mass is 10.2. The fraction of sp³-hybridized carbons (Fsp3) is 0.111. The van der Waals surface area contributed by atoms with Gasteiger partial charge in [-0.15, -0.1) is 6.58 Å². The molecule has 2 N–H and O–H groups in total. The van der Waals surface area contributed by atoms with Crippen molar-refractivity contribution in [2.75, 3.05) is 0 Å². The minimum atomic E-state index is -1.33. The molecule has 0 fully saturated rings. The highest BCUT2D eigenvalue weighted by molar-refractivity contribution is 5.90. The summed E-state index contributed by atoms with van der Waals surface area (Å²) in [4.78, 5) is 21.8. The molecule has 0 unspecified atom stereocenters. The molecule has 0 aliphatic carbocycles. The smallest absolute Gasteiger partial charge is 0.339 e. The summed E-state index contributed by atoms with van der Waals surface area (Å²) in [5, 5.41) is 17.8. The molecule has 0 amide bonds. The van der Waals surface area contributed by atoms with Gasteiger partial charge in [0.1, 0.15) is 5.56 Å². The van der Waals surface area contributed by atoms with E-state index in [1.165, 1.54) is 18.3 Å². The molecular weight excluding hydrogens is 186 g/mol. The lowest BCUT2D eigenvalue weighted by molar-refractivity contribution is 0.0693. The van der Waals surface area contributed by atoms with Crippen molar-refractivity contribution >= 4 is 5.97 Å². The third-order valence-electron chi connectivity index (χ3n) is 1.70. The number of hydrogen-bond acceptors (Lipinski definition) is 3. The van der Waals surface area contributed by atoms with E-state index in [1.54, 1.807) is 0 Å². The highest BCUT2D eigenvalue weighted by atomic mass is 16.4. The van der Waals surface area contributed by atoms with Crippen molar-refractivity contribution in [2.45, 2.75) is 6.54 Å². The van der Waals surface area contributed by atoms with Gasteiger partial charge in [-0.3, -0.25) is 4.79 Å². The number of hydrogen-bond donors (Lipinski definition) is 2. The Bertz CT molecular complexity index is 433. The van der Waals surface area contributed by atoms with E-state index < -0.39 is 22.8 Å². The number of aromatic hydroxyl groups is 1. The SMILES string of the molecule is C=CCn1ccc(C(=O)O)c(O)c1=O. The Balaban J connectivity index is 3.33. The van der Waals surface area contributed by atoms with Crippen molar-refractivity contribution in [1.29, 1.82) is 0 Å². The maximum absolute atomic E-state index is 11.3. The number of aromatic nitrogens is 1. The Kier molecular flexibility index (Phi) is 2.71. The molecule has 1 aromatic heterocycles. The summed E-state index contributed by atoms with van der Waals surface area (Å²) in [5.41, 5.74) is -1.12. The summed E-state index contributed by atoms with van der Waals surface area (Å²) in [6.07, 6.45) is 2.77. The van der Waals surface area contributed by atoms with Gasteiger partial charge in [-0.1, -0.05) is 6.08 Å². The first-order valence-electron chi connectivity index (χ1n) is 3.84. The molecule has 0 spiro atoms. The fourth-order valence-corrected chi connectivity index (χ4v) is 1.02. The zero-order chi connectivity index (χ0) is 10.7. The number of carboxylic acid groups (broad SMARTS) is 1. The molecular formula is C9H9NO4. The first-order valence-corrected chi connectivity index (χ1v) is 3.84. The van der Waals surface area contributed by atoms with E-state index in [1.807, 2.05) is 0 Å². The van der Waals surface area contributed by atoms with Crippen LogP contribution in [0.1, 0.15) is 10.4 Å². The second-order valence-electron chi connectivity index (χ2n) is 2.63. The van der Waals surface area contributed by atoms with Crippen LogP contribution in [0.25, 0.3) is 0 Å². The average molecular weight is 195 g/mol. The highest BCUT2D eigenvalue weighted by Gasteiger charge is 2.13. The molecule has 5 heteroatoms. The zero-order valence-corrected chi connectivity index (χ0v) is 7.30. The average Bonchev–Trinajstić information content (AvgIpc) is 2.13. The van der Waals surface area contributed by atoms with E-state index in [9.17, 15) is 14.7 Å². The van der Waals surface area contributed by atoms with Crippen LogP contribution in [0, 0.1) is 0 Å². The van der Waals surface area contributed by atoms with Gasteiger partial charge in [-0.2, -0.15) is 0 Å². The molecule has 0 bridgehead atoms. The van der Waals surface area contributed by atoms with Crippen molar-refractivity contribution in [3.05, 3.63) is 40.8 Å². The molecule has 5 nitrogen and oxygen atoms in total. The minimum Gasteiger partial charge on any atom is -0.502 e. The van der Waals surface area contributed by atoms with E-state index in [0.717, 1.165) is 4.57 Å². The summed E-state index contributed by atoms with van der Waals surface area (Å²) in [7, 11) is 0. The van der Waals surface area contributed by atoms with Crippen LogP contribution in [0.4, 0.5) is 0 Å². The summed E-state index contributed by atoms with van der Waals surface area (Å²) in [5.74, 6) is -2.08. The second-order valence-corrected chi connectivity index (χ2v) is 2.63.